The number of hydrogen-bond acceptors (Lipinski definition) is 2. The molecule has 1 saturated heterocycles. The number of fused-ring (bicyclic) bond motifs is 2. The lowest BCUT2D eigenvalue weighted by Crippen LogP contribution is -2.41. The number of benzene rings is 1. The molecule has 2 amide bonds. The van der Waals surface area contributed by atoms with Crippen LogP contribution in [0.3, 0.4) is 0 Å². The number of nitrogens with zero attached hydrogens (tertiary/aromatic N) is 2. The summed E-state index contributed by atoms with van der Waals surface area (Å²) in [6.07, 6.45) is 5.18. The van der Waals surface area contributed by atoms with E-state index in [0.29, 0.717) is 24.2 Å². The van der Waals surface area contributed by atoms with E-state index in [4.69, 9.17) is 0 Å². The van der Waals surface area contributed by atoms with Crippen LogP contribution >= 0.6 is 0 Å². The second-order valence-electron chi connectivity index (χ2n) is 6.76. The van der Waals surface area contributed by atoms with Gasteiger partial charge < -0.3 is 14.8 Å². The molecule has 2 aliphatic rings. The van der Waals surface area contributed by atoms with Crippen LogP contribution in [-0.4, -0.2) is 28.1 Å². The maximum absolute atomic E-state index is 12.6. The number of anilines is 1. The van der Waals surface area contributed by atoms with Crippen molar-refractivity contribution in [2.75, 3.05) is 11.9 Å². The highest BCUT2D eigenvalue weighted by Gasteiger charge is 2.40. The van der Waals surface area contributed by atoms with Crippen LogP contribution in [0, 0.1) is 5.92 Å². The minimum Gasteiger partial charge on any atom is -0.321 e. The van der Waals surface area contributed by atoms with Crippen molar-refractivity contribution in [3.05, 3.63) is 64.6 Å². The van der Waals surface area contributed by atoms with E-state index >= 15 is 0 Å². The van der Waals surface area contributed by atoms with E-state index in [1.54, 1.807) is 22.9 Å². The molecule has 1 saturated carbocycles. The van der Waals surface area contributed by atoms with Gasteiger partial charge in [-0.3, -0.25) is 4.79 Å². The third kappa shape index (κ3) is 2.82. The standard InChI is InChI=1S/C19H21N3O2/c23-18-17(20-19(24)22-13-15-8-9-16(22)11-15)7-4-10-21(18)12-14-5-2-1-3-6-14/h1-7,10,15-16H,8-9,11-13H2,(H,20,24). The number of carbonyl (C=O) groups excluding carboxylic acids is 1. The Morgan fingerprint density at radius 1 is 1.12 bits per heavy atom. The van der Waals surface area contributed by atoms with Gasteiger partial charge in [0, 0.05) is 18.8 Å². The molecule has 1 aromatic carbocycles. The smallest absolute Gasteiger partial charge is 0.321 e. The van der Waals surface area contributed by atoms with Gasteiger partial charge in [0.15, 0.2) is 0 Å². The van der Waals surface area contributed by atoms with Gasteiger partial charge in [-0.25, -0.2) is 4.79 Å². The number of likely N-dealkylation sites (tertiary alicyclic amines) is 1. The van der Waals surface area contributed by atoms with Crippen LogP contribution in [0.1, 0.15) is 24.8 Å². The molecule has 2 aromatic rings. The second-order valence-corrected chi connectivity index (χ2v) is 6.76. The first-order chi connectivity index (χ1) is 11.7. The van der Waals surface area contributed by atoms with Crippen molar-refractivity contribution in [3.63, 3.8) is 0 Å². The minimum atomic E-state index is -0.168. The zero-order chi connectivity index (χ0) is 16.5. The fourth-order valence-corrected chi connectivity index (χ4v) is 3.90. The molecule has 1 N–H and O–H groups in total. The zero-order valence-corrected chi connectivity index (χ0v) is 13.5. The molecule has 1 aliphatic carbocycles. The number of pyridine rings is 1. The molecule has 2 heterocycles. The molecule has 0 spiro atoms. The summed E-state index contributed by atoms with van der Waals surface area (Å²) in [5.41, 5.74) is 1.24. The second kappa shape index (κ2) is 6.15. The maximum atomic E-state index is 12.6. The van der Waals surface area contributed by atoms with Crippen molar-refractivity contribution < 1.29 is 4.79 Å². The third-order valence-electron chi connectivity index (χ3n) is 5.13. The maximum Gasteiger partial charge on any atom is 0.322 e. The highest BCUT2D eigenvalue weighted by atomic mass is 16.2. The van der Waals surface area contributed by atoms with Crippen LogP contribution in [0.5, 0.6) is 0 Å². The average Bonchev–Trinajstić information content (AvgIpc) is 3.23. The summed E-state index contributed by atoms with van der Waals surface area (Å²) in [7, 11) is 0. The van der Waals surface area contributed by atoms with Crippen molar-refractivity contribution in [3.8, 4) is 0 Å². The van der Waals surface area contributed by atoms with Crippen LogP contribution in [0.25, 0.3) is 0 Å². The minimum absolute atomic E-state index is 0.142. The van der Waals surface area contributed by atoms with Crippen LogP contribution in [0.2, 0.25) is 0 Å². The SMILES string of the molecule is O=C(Nc1cccn(Cc2ccccc2)c1=O)N1CC2CCC1C2. The molecule has 5 heteroatoms. The van der Waals surface area contributed by atoms with Crippen molar-refractivity contribution in [2.24, 2.45) is 5.92 Å². The summed E-state index contributed by atoms with van der Waals surface area (Å²) in [6, 6.07) is 13.5. The van der Waals surface area contributed by atoms with Crippen molar-refractivity contribution in [2.45, 2.75) is 31.8 Å². The van der Waals surface area contributed by atoms with Gasteiger partial charge in [-0.1, -0.05) is 30.3 Å². The fourth-order valence-electron chi connectivity index (χ4n) is 3.90. The van der Waals surface area contributed by atoms with E-state index in [1.165, 1.54) is 6.42 Å². The molecule has 2 fully saturated rings. The van der Waals surface area contributed by atoms with Crippen molar-refractivity contribution in [1.82, 2.24) is 9.47 Å². The fraction of sp³-hybridized carbons (Fsp3) is 0.368. The Kier molecular flexibility index (Phi) is 3.84. The summed E-state index contributed by atoms with van der Waals surface area (Å²) < 4.78 is 1.63. The van der Waals surface area contributed by atoms with Crippen LogP contribution in [0.4, 0.5) is 10.5 Å². The Morgan fingerprint density at radius 2 is 1.96 bits per heavy atom. The quantitative estimate of drug-likeness (QED) is 0.944. The highest BCUT2D eigenvalue weighted by molar-refractivity contribution is 5.89. The molecule has 2 bridgehead atoms. The van der Waals surface area contributed by atoms with Gasteiger partial charge in [-0.15, -0.1) is 0 Å². The van der Waals surface area contributed by atoms with Gasteiger partial charge in [-0.2, -0.15) is 0 Å². The summed E-state index contributed by atoms with van der Waals surface area (Å²) in [6.45, 7) is 1.32. The molecule has 0 radical (unpaired) electrons. The lowest BCUT2D eigenvalue weighted by atomic mass is 10.1. The number of aromatic nitrogens is 1. The van der Waals surface area contributed by atoms with E-state index in [1.807, 2.05) is 35.2 Å². The predicted molar refractivity (Wildman–Crippen MR) is 93.1 cm³/mol. The molecule has 124 valence electrons. The predicted octanol–water partition coefficient (Wildman–Crippen LogP) is 2.91. The van der Waals surface area contributed by atoms with E-state index in [9.17, 15) is 9.59 Å². The number of hydrogen-bond donors (Lipinski definition) is 1. The number of piperidine rings is 1. The first kappa shape index (κ1) is 15.0. The Hall–Kier alpha value is -2.56. The molecular weight excluding hydrogens is 302 g/mol. The number of amides is 2. The Bertz CT molecular complexity index is 800. The van der Waals surface area contributed by atoms with E-state index in [0.717, 1.165) is 24.9 Å². The number of rotatable bonds is 3. The van der Waals surface area contributed by atoms with Crippen molar-refractivity contribution in [1.29, 1.82) is 0 Å². The number of urea groups is 1. The summed E-state index contributed by atoms with van der Waals surface area (Å²) >= 11 is 0. The summed E-state index contributed by atoms with van der Waals surface area (Å²) in [4.78, 5) is 27.0. The third-order valence-corrected chi connectivity index (χ3v) is 5.13. The molecule has 5 nitrogen and oxygen atoms in total. The molecule has 24 heavy (non-hydrogen) atoms. The molecule has 4 rings (SSSR count). The summed E-state index contributed by atoms with van der Waals surface area (Å²) in [5.74, 6) is 0.645. The average molecular weight is 323 g/mol. The largest absolute Gasteiger partial charge is 0.322 e. The molecule has 2 unspecified atom stereocenters. The number of carbonyl (C=O) groups is 1. The Labute approximate surface area is 140 Å². The van der Waals surface area contributed by atoms with Gasteiger partial charge in [0.2, 0.25) is 0 Å². The monoisotopic (exact) mass is 323 g/mol. The molecule has 1 aliphatic heterocycles. The van der Waals surface area contributed by atoms with Gasteiger partial charge in [-0.05, 0) is 42.9 Å². The lowest BCUT2D eigenvalue weighted by molar-refractivity contribution is 0.194. The summed E-state index contributed by atoms with van der Waals surface area (Å²) in [5, 5.41) is 2.82. The van der Waals surface area contributed by atoms with Gasteiger partial charge in [0.25, 0.3) is 5.56 Å². The van der Waals surface area contributed by atoms with Crippen LogP contribution in [-0.2, 0) is 6.54 Å². The molecular formula is C19H21N3O2. The lowest BCUT2D eigenvalue weighted by Gasteiger charge is -2.27. The molecule has 2 atom stereocenters. The first-order valence-corrected chi connectivity index (χ1v) is 8.52. The number of nitrogens with one attached hydrogen (secondary N) is 1. The molecule has 1 aromatic heterocycles. The van der Waals surface area contributed by atoms with Gasteiger partial charge in [0.1, 0.15) is 5.69 Å². The van der Waals surface area contributed by atoms with Crippen molar-refractivity contribution >= 4 is 11.7 Å². The zero-order valence-electron chi connectivity index (χ0n) is 13.5. The van der Waals surface area contributed by atoms with Crippen LogP contribution in [0.15, 0.2) is 53.5 Å². The van der Waals surface area contributed by atoms with E-state index in [2.05, 4.69) is 5.32 Å². The Morgan fingerprint density at radius 3 is 2.67 bits per heavy atom. The van der Waals surface area contributed by atoms with Gasteiger partial charge in [0.05, 0.1) is 6.54 Å². The van der Waals surface area contributed by atoms with Gasteiger partial charge >= 0.3 is 6.03 Å². The van der Waals surface area contributed by atoms with E-state index in [-0.39, 0.29) is 11.6 Å². The topological polar surface area (TPSA) is 54.3 Å². The highest BCUT2D eigenvalue weighted by Crippen LogP contribution is 2.37. The van der Waals surface area contributed by atoms with Crippen LogP contribution < -0.4 is 10.9 Å². The van der Waals surface area contributed by atoms with E-state index < -0.39 is 0 Å². The Balaban J connectivity index is 1.50. The first-order valence-electron chi connectivity index (χ1n) is 8.52. The normalized spacial score (nSPS) is 21.9.